The smallest absolute Gasteiger partial charge is 0.200 e. The van der Waals surface area contributed by atoms with Crippen LogP contribution in [0.4, 0.5) is 0 Å². The molecule has 4 heterocycles. The number of fused-ring (bicyclic) bond motifs is 1. The van der Waals surface area contributed by atoms with Gasteiger partial charge in [0, 0.05) is 16.8 Å². The summed E-state index contributed by atoms with van der Waals surface area (Å²) >= 11 is 3.23. The molecule has 0 bridgehead atoms. The standard InChI is InChI=1S/C16H15N5OS2/c1-3-10-8-11-14(23-10)17-9-18-15(11)24-16-20-19-13(21(16)4-2)12-6-5-7-22-12/h5-9H,3-4H2,1-2H3. The monoisotopic (exact) mass is 357 g/mol. The van der Waals surface area contributed by atoms with Crippen LogP contribution in [0.5, 0.6) is 0 Å². The van der Waals surface area contributed by atoms with E-state index in [4.69, 9.17) is 4.42 Å². The SMILES string of the molecule is CCc1cc2c(Sc3nnc(-c4ccco4)n3CC)ncnc2s1. The van der Waals surface area contributed by atoms with Crippen molar-refractivity contribution in [2.75, 3.05) is 0 Å². The normalized spacial score (nSPS) is 11.4. The second kappa shape index (κ2) is 6.37. The first kappa shape index (κ1) is 15.3. The highest BCUT2D eigenvalue weighted by Crippen LogP contribution is 2.35. The molecule has 0 radical (unpaired) electrons. The fourth-order valence-corrected chi connectivity index (χ4v) is 4.41. The summed E-state index contributed by atoms with van der Waals surface area (Å²) in [6, 6.07) is 5.91. The van der Waals surface area contributed by atoms with Gasteiger partial charge in [-0.25, -0.2) is 9.97 Å². The highest BCUT2D eigenvalue weighted by molar-refractivity contribution is 7.99. The van der Waals surface area contributed by atoms with Crippen molar-refractivity contribution < 1.29 is 4.42 Å². The van der Waals surface area contributed by atoms with Gasteiger partial charge >= 0.3 is 0 Å². The maximum absolute atomic E-state index is 5.46. The maximum Gasteiger partial charge on any atom is 0.200 e. The molecule has 4 rings (SSSR count). The molecule has 0 saturated heterocycles. The highest BCUT2D eigenvalue weighted by atomic mass is 32.2. The lowest BCUT2D eigenvalue weighted by Gasteiger charge is -2.05. The Kier molecular flexibility index (Phi) is 4.07. The third kappa shape index (κ3) is 2.61. The van der Waals surface area contributed by atoms with E-state index in [1.165, 1.54) is 16.6 Å². The van der Waals surface area contributed by atoms with Crippen LogP contribution in [0.15, 0.2) is 45.4 Å². The molecule has 6 nitrogen and oxygen atoms in total. The van der Waals surface area contributed by atoms with E-state index in [1.807, 2.05) is 16.7 Å². The minimum atomic E-state index is 0.716. The summed E-state index contributed by atoms with van der Waals surface area (Å²) < 4.78 is 7.49. The number of rotatable bonds is 5. The van der Waals surface area contributed by atoms with Gasteiger partial charge in [0.15, 0.2) is 16.7 Å². The van der Waals surface area contributed by atoms with E-state index < -0.39 is 0 Å². The Morgan fingerprint density at radius 3 is 2.92 bits per heavy atom. The molecule has 24 heavy (non-hydrogen) atoms. The molecule has 0 aliphatic heterocycles. The molecule has 4 aromatic heterocycles. The molecule has 8 heteroatoms. The van der Waals surface area contributed by atoms with E-state index in [1.54, 1.807) is 23.9 Å². The van der Waals surface area contributed by atoms with E-state index in [0.29, 0.717) is 5.76 Å². The fraction of sp³-hybridized carbons (Fsp3) is 0.250. The molecule has 0 aromatic carbocycles. The topological polar surface area (TPSA) is 69.6 Å². The fourth-order valence-electron chi connectivity index (χ4n) is 2.46. The van der Waals surface area contributed by atoms with E-state index in [2.05, 4.69) is 40.1 Å². The number of furan rings is 1. The minimum Gasteiger partial charge on any atom is -0.461 e. The molecule has 0 saturated carbocycles. The van der Waals surface area contributed by atoms with Crippen molar-refractivity contribution in [1.29, 1.82) is 0 Å². The average molecular weight is 357 g/mol. The number of aryl methyl sites for hydroxylation is 1. The van der Waals surface area contributed by atoms with Crippen LogP contribution < -0.4 is 0 Å². The van der Waals surface area contributed by atoms with Gasteiger partial charge in [0.05, 0.1) is 6.26 Å². The summed E-state index contributed by atoms with van der Waals surface area (Å²) in [4.78, 5) is 11.1. The maximum atomic E-state index is 5.46. The molecule has 0 aliphatic carbocycles. The van der Waals surface area contributed by atoms with Crippen LogP contribution in [0, 0.1) is 0 Å². The van der Waals surface area contributed by atoms with Gasteiger partial charge in [0.25, 0.3) is 0 Å². The Balaban J connectivity index is 1.75. The van der Waals surface area contributed by atoms with Crippen LogP contribution in [-0.2, 0) is 13.0 Å². The van der Waals surface area contributed by atoms with Gasteiger partial charge < -0.3 is 4.42 Å². The first-order chi connectivity index (χ1) is 11.8. The third-order valence-electron chi connectivity index (χ3n) is 3.65. The lowest BCUT2D eigenvalue weighted by Crippen LogP contribution is -1.99. The molecular formula is C16H15N5OS2. The van der Waals surface area contributed by atoms with E-state index in [9.17, 15) is 0 Å². The highest BCUT2D eigenvalue weighted by Gasteiger charge is 2.18. The quantitative estimate of drug-likeness (QED) is 0.497. The molecule has 0 fully saturated rings. The number of nitrogens with zero attached hydrogens (tertiary/aromatic N) is 5. The Morgan fingerprint density at radius 2 is 2.17 bits per heavy atom. The number of hydrogen-bond acceptors (Lipinski definition) is 7. The molecule has 0 atom stereocenters. The number of thiophene rings is 1. The van der Waals surface area contributed by atoms with Gasteiger partial charge in [-0.3, -0.25) is 4.57 Å². The van der Waals surface area contributed by atoms with E-state index in [-0.39, 0.29) is 0 Å². The molecule has 0 amide bonds. The van der Waals surface area contributed by atoms with Crippen molar-refractivity contribution in [1.82, 2.24) is 24.7 Å². The largest absolute Gasteiger partial charge is 0.461 e. The van der Waals surface area contributed by atoms with Gasteiger partial charge in [0.2, 0.25) is 0 Å². The Labute approximate surface area is 147 Å². The molecule has 0 aliphatic rings. The minimum absolute atomic E-state index is 0.716. The lowest BCUT2D eigenvalue weighted by atomic mass is 10.3. The van der Waals surface area contributed by atoms with Crippen LogP contribution in [0.3, 0.4) is 0 Å². The second-order valence-corrected chi connectivity index (χ2v) is 7.16. The van der Waals surface area contributed by atoms with Crippen LogP contribution in [0.1, 0.15) is 18.7 Å². The molecule has 0 unspecified atom stereocenters. The van der Waals surface area contributed by atoms with E-state index in [0.717, 1.165) is 39.2 Å². The summed E-state index contributed by atoms with van der Waals surface area (Å²) in [5.74, 6) is 1.45. The van der Waals surface area contributed by atoms with Crippen molar-refractivity contribution in [3.8, 4) is 11.6 Å². The molecule has 0 spiro atoms. The first-order valence-electron chi connectivity index (χ1n) is 7.68. The Morgan fingerprint density at radius 1 is 1.25 bits per heavy atom. The molecule has 122 valence electrons. The van der Waals surface area contributed by atoms with Gasteiger partial charge in [-0.05, 0) is 43.3 Å². The molecule has 0 N–H and O–H groups in total. The van der Waals surface area contributed by atoms with Gasteiger partial charge in [-0.2, -0.15) is 0 Å². The van der Waals surface area contributed by atoms with Crippen molar-refractivity contribution in [3.63, 3.8) is 0 Å². The number of hydrogen-bond donors (Lipinski definition) is 0. The summed E-state index contributed by atoms with van der Waals surface area (Å²) in [7, 11) is 0. The summed E-state index contributed by atoms with van der Waals surface area (Å²) in [6.07, 6.45) is 4.25. The summed E-state index contributed by atoms with van der Waals surface area (Å²) in [5.41, 5.74) is 0. The zero-order valence-electron chi connectivity index (χ0n) is 13.3. The zero-order valence-corrected chi connectivity index (χ0v) is 14.9. The predicted molar refractivity (Wildman–Crippen MR) is 94.3 cm³/mol. The van der Waals surface area contributed by atoms with Crippen LogP contribution in [0.2, 0.25) is 0 Å². The van der Waals surface area contributed by atoms with Gasteiger partial charge in [-0.15, -0.1) is 21.5 Å². The van der Waals surface area contributed by atoms with Crippen LogP contribution >= 0.6 is 23.1 Å². The van der Waals surface area contributed by atoms with Crippen molar-refractivity contribution in [3.05, 3.63) is 35.7 Å². The number of aromatic nitrogens is 5. The van der Waals surface area contributed by atoms with Crippen LogP contribution in [-0.4, -0.2) is 24.7 Å². The third-order valence-corrected chi connectivity index (χ3v) is 5.85. The first-order valence-corrected chi connectivity index (χ1v) is 9.31. The van der Waals surface area contributed by atoms with Gasteiger partial charge in [-0.1, -0.05) is 6.92 Å². The van der Waals surface area contributed by atoms with Crippen molar-refractivity contribution in [2.45, 2.75) is 37.0 Å². The predicted octanol–water partition coefficient (Wildman–Crippen LogP) is 4.28. The zero-order chi connectivity index (χ0) is 16.5. The average Bonchev–Trinajstić information content (AvgIpc) is 3.33. The van der Waals surface area contributed by atoms with Crippen LogP contribution in [0.25, 0.3) is 21.8 Å². The van der Waals surface area contributed by atoms with Crippen molar-refractivity contribution in [2.24, 2.45) is 0 Å². The van der Waals surface area contributed by atoms with Gasteiger partial charge in [0.1, 0.15) is 16.2 Å². The van der Waals surface area contributed by atoms with E-state index >= 15 is 0 Å². The lowest BCUT2D eigenvalue weighted by molar-refractivity contribution is 0.567. The summed E-state index contributed by atoms with van der Waals surface area (Å²) in [5, 5.41) is 11.4. The summed E-state index contributed by atoms with van der Waals surface area (Å²) in [6.45, 7) is 4.97. The molecule has 4 aromatic rings. The van der Waals surface area contributed by atoms with Crippen molar-refractivity contribution >= 4 is 33.3 Å². The Hall–Kier alpha value is -2.19. The molecular weight excluding hydrogens is 342 g/mol. The Bertz CT molecular complexity index is 974. The second-order valence-electron chi connectivity index (χ2n) is 5.09.